The lowest BCUT2D eigenvalue weighted by atomic mass is 9.79. The van der Waals surface area contributed by atoms with Crippen LogP contribution in [0.25, 0.3) is 0 Å². The normalized spacial score (nSPS) is 23.3. The van der Waals surface area contributed by atoms with E-state index in [1.165, 1.54) is 5.56 Å². The van der Waals surface area contributed by atoms with Crippen LogP contribution >= 0.6 is 0 Å². The summed E-state index contributed by atoms with van der Waals surface area (Å²) in [5.74, 6) is -0.305. The minimum atomic E-state index is -0.771. The molecular weight excluding hydrogens is 226 g/mol. The van der Waals surface area contributed by atoms with Crippen LogP contribution in [0.1, 0.15) is 45.6 Å². The van der Waals surface area contributed by atoms with E-state index in [2.05, 4.69) is 26.8 Å². The predicted octanol–water partition coefficient (Wildman–Crippen LogP) is 3.25. The maximum atomic E-state index is 11.3. The lowest BCUT2D eigenvalue weighted by molar-refractivity contribution is -0.138. The minimum absolute atomic E-state index is 0.133. The number of anilines is 1. The molecule has 0 bridgehead atoms. The Labute approximate surface area is 108 Å². The smallest absolute Gasteiger partial charge is 0.326 e. The Morgan fingerprint density at radius 2 is 2.06 bits per heavy atom. The van der Waals surface area contributed by atoms with Crippen LogP contribution in [-0.4, -0.2) is 22.7 Å². The van der Waals surface area contributed by atoms with Crippen LogP contribution in [0.3, 0.4) is 0 Å². The van der Waals surface area contributed by atoms with Gasteiger partial charge in [0, 0.05) is 11.2 Å². The highest BCUT2D eigenvalue weighted by molar-refractivity contribution is 5.79. The Balaban J connectivity index is 2.55. The van der Waals surface area contributed by atoms with Gasteiger partial charge in [-0.05, 0) is 44.7 Å². The molecule has 18 heavy (non-hydrogen) atoms. The summed E-state index contributed by atoms with van der Waals surface area (Å²) < 4.78 is 0. The highest BCUT2D eigenvalue weighted by atomic mass is 16.4. The molecule has 1 aliphatic heterocycles. The summed E-state index contributed by atoms with van der Waals surface area (Å²) in [5, 5.41) is 9.32. The van der Waals surface area contributed by atoms with Crippen LogP contribution in [0.15, 0.2) is 24.3 Å². The fourth-order valence-electron chi connectivity index (χ4n) is 3.25. The van der Waals surface area contributed by atoms with Crippen LogP contribution in [0.2, 0.25) is 0 Å². The molecule has 0 radical (unpaired) electrons. The number of benzene rings is 1. The molecule has 0 amide bonds. The van der Waals surface area contributed by atoms with Gasteiger partial charge in [0.15, 0.2) is 0 Å². The number of aliphatic carboxylic acids is 1. The van der Waals surface area contributed by atoms with Crippen molar-refractivity contribution in [2.45, 2.75) is 51.6 Å². The van der Waals surface area contributed by atoms with Gasteiger partial charge in [0.05, 0.1) is 0 Å². The highest BCUT2D eigenvalue weighted by Gasteiger charge is 2.40. The summed E-state index contributed by atoms with van der Waals surface area (Å²) in [6, 6.07) is 7.64. The first kappa shape index (κ1) is 12.9. The second-order valence-corrected chi connectivity index (χ2v) is 5.86. The number of hydrogen-bond acceptors (Lipinski definition) is 2. The number of nitrogens with zero attached hydrogens (tertiary/aromatic N) is 1. The van der Waals surface area contributed by atoms with Gasteiger partial charge in [-0.25, -0.2) is 4.79 Å². The van der Waals surface area contributed by atoms with Crippen molar-refractivity contribution in [1.29, 1.82) is 0 Å². The Hall–Kier alpha value is -1.51. The molecule has 98 valence electrons. The van der Waals surface area contributed by atoms with Crippen LogP contribution < -0.4 is 4.90 Å². The number of rotatable bonds is 2. The van der Waals surface area contributed by atoms with Crippen molar-refractivity contribution in [3.63, 3.8) is 0 Å². The third-order valence-corrected chi connectivity index (χ3v) is 3.93. The number of para-hydroxylation sites is 1. The number of fused-ring (bicyclic) bond motifs is 1. The van der Waals surface area contributed by atoms with Crippen LogP contribution in [0.4, 0.5) is 5.69 Å². The molecule has 0 saturated carbocycles. The van der Waals surface area contributed by atoms with E-state index in [1.807, 2.05) is 23.1 Å². The van der Waals surface area contributed by atoms with Gasteiger partial charge in [-0.3, -0.25) is 0 Å². The molecule has 1 aromatic rings. The van der Waals surface area contributed by atoms with Gasteiger partial charge >= 0.3 is 5.97 Å². The van der Waals surface area contributed by atoms with E-state index in [-0.39, 0.29) is 5.54 Å². The van der Waals surface area contributed by atoms with Gasteiger partial charge in [0.1, 0.15) is 6.04 Å². The average molecular weight is 247 g/mol. The summed E-state index contributed by atoms with van der Waals surface area (Å²) in [6.45, 7) is 8.22. The zero-order valence-corrected chi connectivity index (χ0v) is 11.5. The summed E-state index contributed by atoms with van der Waals surface area (Å²) in [6.07, 6.45) is 0.974. The summed E-state index contributed by atoms with van der Waals surface area (Å²) in [5.41, 5.74) is 2.19. The van der Waals surface area contributed by atoms with Crippen LogP contribution in [-0.2, 0) is 4.79 Å². The molecule has 1 N–H and O–H groups in total. The quantitative estimate of drug-likeness (QED) is 0.872. The van der Waals surface area contributed by atoms with E-state index in [9.17, 15) is 9.90 Å². The monoisotopic (exact) mass is 247 g/mol. The maximum Gasteiger partial charge on any atom is 0.326 e. The van der Waals surface area contributed by atoms with Crippen LogP contribution in [0.5, 0.6) is 0 Å². The molecule has 3 nitrogen and oxygen atoms in total. The van der Waals surface area contributed by atoms with Crippen molar-refractivity contribution in [3.8, 4) is 0 Å². The van der Waals surface area contributed by atoms with Gasteiger partial charge in [-0.15, -0.1) is 0 Å². The molecular formula is C15H21NO2. The van der Waals surface area contributed by atoms with Crippen LogP contribution in [0, 0.1) is 0 Å². The fraction of sp³-hybridized carbons (Fsp3) is 0.533. The van der Waals surface area contributed by atoms with Crippen molar-refractivity contribution in [1.82, 2.24) is 0 Å². The minimum Gasteiger partial charge on any atom is -0.480 e. The van der Waals surface area contributed by atoms with E-state index < -0.39 is 12.0 Å². The third kappa shape index (κ3) is 1.98. The zero-order chi connectivity index (χ0) is 13.5. The van der Waals surface area contributed by atoms with Crippen molar-refractivity contribution < 1.29 is 9.90 Å². The van der Waals surface area contributed by atoms with E-state index in [4.69, 9.17) is 0 Å². The standard InChI is InChI=1S/C15H21NO2/c1-10-9-15(3,4)16(11(2)14(17)18)13-8-6-5-7-12(10)13/h5-8,10-11H,9H2,1-4H3,(H,17,18)/t10-,11-/m0/s1. The first-order valence-corrected chi connectivity index (χ1v) is 6.45. The molecule has 0 spiro atoms. The zero-order valence-electron chi connectivity index (χ0n) is 11.5. The molecule has 3 heteroatoms. The average Bonchev–Trinajstić information content (AvgIpc) is 2.27. The first-order valence-electron chi connectivity index (χ1n) is 6.45. The molecule has 1 aromatic carbocycles. The van der Waals surface area contributed by atoms with E-state index in [0.29, 0.717) is 5.92 Å². The largest absolute Gasteiger partial charge is 0.480 e. The second-order valence-electron chi connectivity index (χ2n) is 5.86. The van der Waals surface area contributed by atoms with Crippen molar-refractivity contribution in [2.75, 3.05) is 4.90 Å². The molecule has 0 aromatic heterocycles. The molecule has 1 heterocycles. The Morgan fingerprint density at radius 1 is 1.44 bits per heavy atom. The van der Waals surface area contributed by atoms with Gasteiger partial charge in [0.2, 0.25) is 0 Å². The molecule has 0 unspecified atom stereocenters. The third-order valence-electron chi connectivity index (χ3n) is 3.93. The molecule has 0 saturated heterocycles. The second kappa shape index (κ2) is 4.30. The first-order chi connectivity index (χ1) is 8.34. The topological polar surface area (TPSA) is 40.5 Å². The summed E-state index contributed by atoms with van der Waals surface area (Å²) in [7, 11) is 0. The van der Waals surface area contributed by atoms with Crippen molar-refractivity contribution in [3.05, 3.63) is 29.8 Å². The Morgan fingerprint density at radius 3 is 2.67 bits per heavy atom. The molecule has 0 aliphatic carbocycles. The Kier molecular flexibility index (Phi) is 3.09. The Bertz CT molecular complexity index is 467. The lowest BCUT2D eigenvalue weighted by Gasteiger charge is -2.49. The van der Waals surface area contributed by atoms with Crippen molar-refractivity contribution in [2.24, 2.45) is 0 Å². The van der Waals surface area contributed by atoms with Gasteiger partial charge < -0.3 is 10.0 Å². The molecule has 2 rings (SSSR count). The highest BCUT2D eigenvalue weighted by Crippen LogP contribution is 2.44. The molecule has 0 fully saturated rings. The fourth-order valence-corrected chi connectivity index (χ4v) is 3.25. The number of carbonyl (C=O) groups is 1. The van der Waals surface area contributed by atoms with E-state index in [0.717, 1.165) is 12.1 Å². The van der Waals surface area contributed by atoms with E-state index in [1.54, 1.807) is 6.92 Å². The van der Waals surface area contributed by atoms with E-state index >= 15 is 0 Å². The molecule has 1 aliphatic rings. The van der Waals surface area contributed by atoms with Gasteiger partial charge in [-0.1, -0.05) is 25.1 Å². The lowest BCUT2D eigenvalue weighted by Crippen LogP contribution is -2.55. The number of carboxylic acids is 1. The number of hydrogen-bond donors (Lipinski definition) is 1. The number of carboxylic acid groups (broad SMARTS) is 1. The van der Waals surface area contributed by atoms with Crippen molar-refractivity contribution >= 4 is 11.7 Å². The maximum absolute atomic E-state index is 11.3. The molecule has 2 atom stereocenters. The van der Waals surface area contributed by atoms with Gasteiger partial charge in [-0.2, -0.15) is 0 Å². The summed E-state index contributed by atoms with van der Waals surface area (Å²) >= 11 is 0. The predicted molar refractivity (Wildman–Crippen MR) is 73.1 cm³/mol. The van der Waals surface area contributed by atoms with Gasteiger partial charge in [0.25, 0.3) is 0 Å². The summed E-state index contributed by atoms with van der Waals surface area (Å²) in [4.78, 5) is 13.4. The SMILES string of the molecule is C[C@H]1CC(C)(C)N([C@@H](C)C(=O)O)c2ccccc21.